The Labute approximate surface area is 145 Å². The number of ether oxygens (including phenoxy) is 1. The van der Waals surface area contributed by atoms with E-state index in [0.717, 1.165) is 38.8 Å². The topological polar surface area (TPSA) is 73.9 Å². The maximum Gasteiger partial charge on any atom is 0.407 e. The summed E-state index contributed by atoms with van der Waals surface area (Å²) in [4.78, 5) is 27.9. The van der Waals surface area contributed by atoms with Crippen LogP contribution in [0.5, 0.6) is 0 Å². The average Bonchev–Trinajstić information content (AvgIpc) is 2.64. The van der Waals surface area contributed by atoms with Gasteiger partial charge in [-0.1, -0.05) is 6.42 Å². The van der Waals surface area contributed by atoms with Crippen LogP contribution in [0.3, 0.4) is 0 Å². The number of carbonyl (C=O) groups excluding carboxylic acids is 2. The number of carbonyl (C=O) groups is 2. The number of alkyl carbamates (subject to hydrolysis) is 1. The van der Waals surface area contributed by atoms with Crippen LogP contribution in [-0.2, 0) is 4.74 Å². The van der Waals surface area contributed by atoms with Gasteiger partial charge in [0, 0.05) is 20.1 Å². The molecule has 2 heterocycles. The molecule has 2 N–H and O–H groups in total. The van der Waals surface area contributed by atoms with Crippen molar-refractivity contribution in [2.24, 2.45) is 0 Å². The van der Waals surface area contributed by atoms with Crippen molar-refractivity contribution in [3.8, 4) is 0 Å². The number of hydrogen-bond acceptors (Lipinski definition) is 4. The quantitative estimate of drug-likeness (QED) is 0.723. The lowest BCUT2D eigenvalue weighted by atomic mass is 10.0. The van der Waals surface area contributed by atoms with E-state index in [4.69, 9.17) is 4.74 Å². The number of rotatable bonds is 6. The summed E-state index contributed by atoms with van der Waals surface area (Å²) < 4.78 is 5.31. The number of likely N-dealkylation sites (tertiary alicyclic amines) is 2. The minimum atomic E-state index is -0.379. The van der Waals surface area contributed by atoms with E-state index in [9.17, 15) is 9.59 Å². The Kier molecular flexibility index (Phi) is 8.15. The molecule has 2 fully saturated rings. The molecule has 0 spiro atoms. The fourth-order valence-corrected chi connectivity index (χ4v) is 3.48. The van der Waals surface area contributed by atoms with E-state index in [-0.39, 0.29) is 24.8 Å². The Morgan fingerprint density at radius 1 is 1.08 bits per heavy atom. The molecule has 0 aromatic rings. The zero-order valence-corrected chi connectivity index (χ0v) is 14.9. The minimum absolute atomic E-state index is 0.0159. The summed E-state index contributed by atoms with van der Waals surface area (Å²) in [5, 5.41) is 5.46. The van der Waals surface area contributed by atoms with Crippen LogP contribution in [0, 0.1) is 0 Å². The van der Waals surface area contributed by atoms with Gasteiger partial charge in [-0.25, -0.2) is 9.59 Å². The Morgan fingerprint density at radius 3 is 2.58 bits per heavy atom. The van der Waals surface area contributed by atoms with Gasteiger partial charge in [-0.2, -0.15) is 0 Å². The van der Waals surface area contributed by atoms with E-state index in [2.05, 4.69) is 15.5 Å². The molecule has 0 bridgehead atoms. The summed E-state index contributed by atoms with van der Waals surface area (Å²) in [5.41, 5.74) is 0. The highest BCUT2D eigenvalue weighted by atomic mass is 16.5. The maximum atomic E-state index is 11.8. The summed E-state index contributed by atoms with van der Waals surface area (Å²) in [6, 6.07) is -0.108. The Bertz CT molecular complexity index is 399. The van der Waals surface area contributed by atoms with E-state index in [1.54, 1.807) is 11.9 Å². The van der Waals surface area contributed by atoms with Crippen LogP contribution in [0.15, 0.2) is 0 Å². The van der Waals surface area contributed by atoms with Crippen LogP contribution in [0.1, 0.15) is 44.9 Å². The monoisotopic (exact) mass is 340 g/mol. The van der Waals surface area contributed by atoms with Gasteiger partial charge in [-0.05, 0) is 58.2 Å². The molecule has 2 rings (SSSR count). The number of nitrogens with zero attached hydrogens (tertiary/aromatic N) is 2. The van der Waals surface area contributed by atoms with Gasteiger partial charge in [0.25, 0.3) is 0 Å². The van der Waals surface area contributed by atoms with Gasteiger partial charge < -0.3 is 25.2 Å². The molecule has 1 unspecified atom stereocenters. The standard InChI is InChI=1S/C17H32N4O3/c1-18-16(22)21-13-6-3-8-15(21)14-24-17(23)19-9-7-12-20-10-4-2-5-11-20/h15H,2-14H2,1H3,(H,18,22)(H,19,23). The molecule has 0 aromatic carbocycles. The lowest BCUT2D eigenvalue weighted by Gasteiger charge is -2.34. The third-order valence-corrected chi connectivity index (χ3v) is 4.88. The van der Waals surface area contributed by atoms with Crippen molar-refractivity contribution in [2.45, 2.75) is 51.0 Å². The van der Waals surface area contributed by atoms with Gasteiger partial charge in [0.1, 0.15) is 6.61 Å². The molecule has 24 heavy (non-hydrogen) atoms. The smallest absolute Gasteiger partial charge is 0.407 e. The first-order valence-corrected chi connectivity index (χ1v) is 9.32. The second-order valence-electron chi connectivity index (χ2n) is 6.68. The van der Waals surface area contributed by atoms with Crippen LogP contribution < -0.4 is 10.6 Å². The first-order valence-electron chi connectivity index (χ1n) is 9.32. The van der Waals surface area contributed by atoms with Gasteiger partial charge >= 0.3 is 12.1 Å². The molecule has 2 aliphatic heterocycles. The van der Waals surface area contributed by atoms with Crippen molar-refractivity contribution >= 4 is 12.1 Å². The first kappa shape index (κ1) is 18.8. The minimum Gasteiger partial charge on any atom is -0.447 e. The van der Waals surface area contributed by atoms with Gasteiger partial charge in [-0.15, -0.1) is 0 Å². The van der Waals surface area contributed by atoms with Gasteiger partial charge in [0.15, 0.2) is 0 Å². The molecule has 2 saturated heterocycles. The fourth-order valence-electron chi connectivity index (χ4n) is 3.48. The van der Waals surface area contributed by atoms with Crippen LogP contribution in [0.2, 0.25) is 0 Å². The van der Waals surface area contributed by atoms with Gasteiger partial charge in [0.2, 0.25) is 0 Å². The van der Waals surface area contributed by atoms with Gasteiger partial charge in [0.05, 0.1) is 6.04 Å². The Morgan fingerprint density at radius 2 is 1.83 bits per heavy atom. The molecular formula is C17H32N4O3. The van der Waals surface area contributed by atoms with Crippen molar-refractivity contribution in [1.82, 2.24) is 20.4 Å². The zero-order chi connectivity index (χ0) is 17.2. The molecule has 0 aromatic heterocycles. The van der Waals surface area contributed by atoms with Crippen LogP contribution in [-0.4, -0.2) is 74.3 Å². The zero-order valence-electron chi connectivity index (χ0n) is 14.9. The average molecular weight is 340 g/mol. The number of nitrogens with one attached hydrogen (secondary N) is 2. The van der Waals surface area contributed by atoms with Crippen molar-refractivity contribution in [1.29, 1.82) is 0 Å². The highest BCUT2D eigenvalue weighted by Gasteiger charge is 2.27. The van der Waals surface area contributed by atoms with E-state index >= 15 is 0 Å². The van der Waals surface area contributed by atoms with Crippen LogP contribution in [0.4, 0.5) is 9.59 Å². The summed E-state index contributed by atoms with van der Waals surface area (Å²) >= 11 is 0. The van der Waals surface area contributed by atoms with Crippen molar-refractivity contribution < 1.29 is 14.3 Å². The summed E-state index contributed by atoms with van der Waals surface area (Å²) in [6.45, 7) is 5.03. The molecule has 1 atom stereocenters. The van der Waals surface area contributed by atoms with Crippen LogP contribution in [0.25, 0.3) is 0 Å². The van der Waals surface area contributed by atoms with Crippen molar-refractivity contribution in [3.05, 3.63) is 0 Å². The lowest BCUT2D eigenvalue weighted by molar-refractivity contribution is 0.0834. The molecule has 0 aliphatic carbocycles. The van der Waals surface area contributed by atoms with Crippen LogP contribution >= 0.6 is 0 Å². The summed E-state index contributed by atoms with van der Waals surface area (Å²) in [7, 11) is 1.63. The summed E-state index contributed by atoms with van der Waals surface area (Å²) in [6.07, 6.45) is 7.45. The second-order valence-corrected chi connectivity index (χ2v) is 6.68. The number of amides is 3. The van der Waals surface area contributed by atoms with Crippen molar-refractivity contribution in [3.63, 3.8) is 0 Å². The first-order chi connectivity index (χ1) is 11.7. The molecule has 2 aliphatic rings. The predicted octanol–water partition coefficient (Wildman–Crippen LogP) is 1.78. The molecule has 7 nitrogen and oxygen atoms in total. The predicted molar refractivity (Wildman–Crippen MR) is 93.1 cm³/mol. The molecule has 0 radical (unpaired) electrons. The second kappa shape index (κ2) is 10.4. The SMILES string of the molecule is CNC(=O)N1CCCCC1COC(=O)NCCCN1CCCCC1. The van der Waals surface area contributed by atoms with E-state index in [1.165, 1.54) is 32.4 Å². The molecule has 3 amide bonds. The Hall–Kier alpha value is -1.50. The van der Waals surface area contributed by atoms with Gasteiger partial charge in [-0.3, -0.25) is 0 Å². The van der Waals surface area contributed by atoms with E-state index in [0.29, 0.717) is 6.54 Å². The maximum absolute atomic E-state index is 11.8. The van der Waals surface area contributed by atoms with Crippen molar-refractivity contribution in [2.75, 3.05) is 46.4 Å². The molecular weight excluding hydrogens is 308 g/mol. The largest absolute Gasteiger partial charge is 0.447 e. The molecule has 7 heteroatoms. The fraction of sp³-hybridized carbons (Fsp3) is 0.882. The molecule has 138 valence electrons. The number of piperidine rings is 2. The Balaban J connectivity index is 1.58. The summed E-state index contributed by atoms with van der Waals surface area (Å²) in [5.74, 6) is 0. The highest BCUT2D eigenvalue weighted by Crippen LogP contribution is 2.17. The lowest BCUT2D eigenvalue weighted by Crippen LogP contribution is -2.50. The van der Waals surface area contributed by atoms with E-state index < -0.39 is 0 Å². The highest BCUT2D eigenvalue weighted by molar-refractivity contribution is 5.74. The molecule has 0 saturated carbocycles. The third-order valence-electron chi connectivity index (χ3n) is 4.88. The van der Waals surface area contributed by atoms with E-state index in [1.807, 2.05) is 0 Å². The normalized spacial score (nSPS) is 22.0. The number of hydrogen-bond donors (Lipinski definition) is 2. The third kappa shape index (κ3) is 6.19. The number of urea groups is 1.